The summed E-state index contributed by atoms with van der Waals surface area (Å²) in [6, 6.07) is 0. The van der Waals surface area contributed by atoms with Crippen LogP contribution >= 0.6 is 7.82 Å². The van der Waals surface area contributed by atoms with Crippen LogP contribution in [0.5, 0.6) is 0 Å². The zero-order valence-electron chi connectivity index (χ0n) is 32.8. The van der Waals surface area contributed by atoms with Gasteiger partial charge in [0.2, 0.25) is 0 Å². The number of aliphatic hydroxyl groups is 1. The molecule has 0 spiro atoms. The number of hydrogen-bond acceptors (Lipinski definition) is 7. The Morgan fingerprint density at radius 3 is 1.46 bits per heavy atom. The van der Waals surface area contributed by atoms with Crippen LogP contribution in [0.15, 0.2) is 48.6 Å². The van der Waals surface area contributed by atoms with Gasteiger partial charge in [0.25, 0.3) is 0 Å². The molecule has 0 heterocycles. The summed E-state index contributed by atoms with van der Waals surface area (Å²) in [5.74, 6) is -0.964. The molecule has 302 valence electrons. The fraction of sp³-hybridized carbons (Fsp3) is 0.762. The summed E-state index contributed by atoms with van der Waals surface area (Å²) in [5, 5.41) is 9.24. The summed E-state index contributed by atoms with van der Waals surface area (Å²) in [7, 11) is -4.77. The molecule has 0 bridgehead atoms. The number of carbonyl (C=O) groups excluding carboxylic acids is 2. The quantitative estimate of drug-likeness (QED) is 0.0245. The average molecular weight is 755 g/mol. The van der Waals surface area contributed by atoms with Gasteiger partial charge >= 0.3 is 19.8 Å². The Hall–Kier alpha value is -2.03. The van der Waals surface area contributed by atoms with E-state index in [0.29, 0.717) is 19.3 Å². The molecule has 3 N–H and O–H groups in total. The summed E-state index contributed by atoms with van der Waals surface area (Å²) < 4.78 is 26.3. The van der Waals surface area contributed by atoms with Crippen LogP contribution in [0.3, 0.4) is 0 Å². The Morgan fingerprint density at radius 1 is 0.577 bits per heavy atom. The molecular formula is C42H75O9P. The number of aliphatic hydroxyl groups excluding tert-OH is 1. The van der Waals surface area contributed by atoms with E-state index in [-0.39, 0.29) is 25.6 Å². The van der Waals surface area contributed by atoms with Crippen LogP contribution in [0.4, 0.5) is 0 Å². The Kier molecular flexibility index (Phi) is 35.8. The van der Waals surface area contributed by atoms with E-state index in [9.17, 15) is 19.3 Å². The zero-order valence-corrected chi connectivity index (χ0v) is 33.7. The van der Waals surface area contributed by atoms with Gasteiger partial charge in [0.1, 0.15) is 6.61 Å². The van der Waals surface area contributed by atoms with Crippen molar-refractivity contribution < 1.29 is 43.0 Å². The Morgan fingerprint density at radius 2 is 1.00 bits per heavy atom. The number of carbonyl (C=O) groups is 2. The number of phosphoric acid groups is 1. The van der Waals surface area contributed by atoms with Crippen molar-refractivity contribution in [1.29, 1.82) is 0 Å². The standard InChI is InChI=1S/C42H75O9P/c1-3-4-5-6-7-8-9-10-11-14-18-21-24-27-30-33-36-42(45)51-40(38-50-52(46,47)48)37-49-41(44)35-32-29-26-23-20-17-15-12-13-16-19-22-25-28-31-34-39(2)43/h13,15-17,22-23,25-26,39-40,43H,3-12,14,18-21,24,27-38H2,1-2H3,(H2,46,47,48)/b16-13-,17-15-,25-22-,26-23-/t39-,40-/m1/s1. The maximum Gasteiger partial charge on any atom is 0.469 e. The molecule has 0 aliphatic carbocycles. The lowest BCUT2D eigenvalue weighted by Gasteiger charge is -2.18. The first-order valence-electron chi connectivity index (χ1n) is 20.5. The molecule has 0 radical (unpaired) electrons. The van der Waals surface area contributed by atoms with Crippen LogP contribution in [0, 0.1) is 0 Å². The minimum Gasteiger partial charge on any atom is -0.462 e. The molecule has 0 amide bonds. The molecule has 0 aliphatic heterocycles. The van der Waals surface area contributed by atoms with Crippen molar-refractivity contribution in [3.63, 3.8) is 0 Å². The summed E-state index contributed by atoms with van der Waals surface area (Å²) in [6.45, 7) is 3.19. The van der Waals surface area contributed by atoms with E-state index in [1.54, 1.807) is 0 Å². The van der Waals surface area contributed by atoms with E-state index in [2.05, 4.69) is 54.0 Å². The summed E-state index contributed by atoms with van der Waals surface area (Å²) >= 11 is 0. The highest BCUT2D eigenvalue weighted by molar-refractivity contribution is 7.46. The molecule has 52 heavy (non-hydrogen) atoms. The molecule has 0 fully saturated rings. The first kappa shape index (κ1) is 50.0. The van der Waals surface area contributed by atoms with Gasteiger partial charge in [-0.3, -0.25) is 14.1 Å². The second kappa shape index (κ2) is 37.3. The maximum atomic E-state index is 12.4. The van der Waals surface area contributed by atoms with E-state index in [1.807, 2.05) is 13.0 Å². The molecule has 0 saturated heterocycles. The van der Waals surface area contributed by atoms with Crippen LogP contribution in [-0.2, 0) is 28.2 Å². The first-order chi connectivity index (χ1) is 25.1. The fourth-order valence-electron chi connectivity index (χ4n) is 5.56. The molecule has 10 heteroatoms. The number of unbranched alkanes of at least 4 members (excludes halogenated alkanes) is 17. The molecule has 0 saturated carbocycles. The van der Waals surface area contributed by atoms with Crippen molar-refractivity contribution in [2.24, 2.45) is 0 Å². The largest absolute Gasteiger partial charge is 0.469 e. The second-order valence-corrected chi connectivity index (χ2v) is 15.1. The predicted octanol–water partition coefficient (Wildman–Crippen LogP) is 11.3. The number of hydrogen-bond donors (Lipinski definition) is 3. The number of ether oxygens (including phenoxy) is 2. The Balaban J connectivity index is 4.02. The number of rotatable bonds is 37. The topological polar surface area (TPSA) is 140 Å². The second-order valence-electron chi connectivity index (χ2n) is 13.9. The van der Waals surface area contributed by atoms with Gasteiger partial charge in [-0.1, -0.05) is 152 Å². The number of phosphoric ester groups is 1. The highest BCUT2D eigenvalue weighted by Gasteiger charge is 2.22. The normalized spacial score (nSPS) is 13.6. The van der Waals surface area contributed by atoms with Gasteiger partial charge in [-0.2, -0.15) is 0 Å². The van der Waals surface area contributed by atoms with Crippen LogP contribution in [-0.4, -0.2) is 52.3 Å². The van der Waals surface area contributed by atoms with Crippen molar-refractivity contribution >= 4 is 19.8 Å². The van der Waals surface area contributed by atoms with Crippen LogP contribution in [0.25, 0.3) is 0 Å². The summed E-state index contributed by atoms with van der Waals surface area (Å²) in [4.78, 5) is 42.8. The summed E-state index contributed by atoms with van der Waals surface area (Å²) in [5.41, 5.74) is 0. The van der Waals surface area contributed by atoms with Crippen molar-refractivity contribution in [1.82, 2.24) is 0 Å². The maximum absolute atomic E-state index is 12.4. The van der Waals surface area contributed by atoms with Crippen molar-refractivity contribution in [2.75, 3.05) is 13.2 Å². The lowest BCUT2D eigenvalue weighted by molar-refractivity contribution is -0.161. The zero-order chi connectivity index (χ0) is 38.4. The van der Waals surface area contributed by atoms with E-state index in [1.165, 1.54) is 77.0 Å². The lowest BCUT2D eigenvalue weighted by atomic mass is 10.0. The number of allylic oxidation sites excluding steroid dienone is 8. The minimum atomic E-state index is -4.77. The molecule has 2 atom stereocenters. The van der Waals surface area contributed by atoms with Crippen LogP contribution in [0.1, 0.15) is 181 Å². The first-order valence-corrected chi connectivity index (χ1v) is 22.0. The van der Waals surface area contributed by atoms with Gasteiger partial charge in [0.05, 0.1) is 12.7 Å². The van der Waals surface area contributed by atoms with E-state index in [0.717, 1.165) is 57.8 Å². The van der Waals surface area contributed by atoms with Crippen LogP contribution in [0.2, 0.25) is 0 Å². The van der Waals surface area contributed by atoms with Gasteiger partial charge in [-0.05, 0) is 64.7 Å². The van der Waals surface area contributed by atoms with E-state index < -0.39 is 32.5 Å². The fourth-order valence-corrected chi connectivity index (χ4v) is 5.92. The van der Waals surface area contributed by atoms with E-state index >= 15 is 0 Å². The van der Waals surface area contributed by atoms with Gasteiger partial charge in [0.15, 0.2) is 6.10 Å². The molecular weight excluding hydrogens is 679 g/mol. The average Bonchev–Trinajstić information content (AvgIpc) is 3.10. The number of esters is 2. The lowest BCUT2D eigenvalue weighted by Crippen LogP contribution is -2.29. The highest BCUT2D eigenvalue weighted by Crippen LogP contribution is 2.36. The highest BCUT2D eigenvalue weighted by atomic mass is 31.2. The third-order valence-electron chi connectivity index (χ3n) is 8.62. The van der Waals surface area contributed by atoms with Gasteiger partial charge in [0, 0.05) is 12.8 Å². The minimum absolute atomic E-state index is 0.180. The van der Waals surface area contributed by atoms with E-state index in [4.69, 9.17) is 19.3 Å². The molecule has 0 rings (SSSR count). The molecule has 0 unspecified atom stereocenters. The molecule has 0 aromatic rings. The Labute approximate surface area is 317 Å². The molecule has 0 aromatic carbocycles. The summed E-state index contributed by atoms with van der Waals surface area (Å²) in [6.07, 6.45) is 42.5. The Bertz CT molecular complexity index is 999. The third kappa shape index (κ3) is 40.7. The van der Waals surface area contributed by atoms with Crippen molar-refractivity contribution in [3.8, 4) is 0 Å². The van der Waals surface area contributed by atoms with Gasteiger partial charge in [-0.15, -0.1) is 0 Å². The predicted molar refractivity (Wildman–Crippen MR) is 213 cm³/mol. The molecule has 0 aliphatic rings. The third-order valence-corrected chi connectivity index (χ3v) is 9.10. The molecule has 0 aromatic heterocycles. The monoisotopic (exact) mass is 755 g/mol. The smallest absolute Gasteiger partial charge is 0.462 e. The molecule has 9 nitrogen and oxygen atoms in total. The van der Waals surface area contributed by atoms with Crippen molar-refractivity contribution in [2.45, 2.75) is 193 Å². The SMILES string of the molecule is CCCCCCCCCCCCCCCCCCC(=O)O[C@H](COC(=O)CCC/C=C\C/C=C\C/C=C\C/C=C\CCC[C@@H](C)O)COP(=O)(O)O. The van der Waals surface area contributed by atoms with Crippen LogP contribution < -0.4 is 0 Å². The van der Waals surface area contributed by atoms with Crippen molar-refractivity contribution in [3.05, 3.63) is 48.6 Å². The van der Waals surface area contributed by atoms with Gasteiger partial charge in [-0.25, -0.2) is 4.57 Å². The van der Waals surface area contributed by atoms with Gasteiger partial charge < -0.3 is 24.4 Å².